The zero-order chi connectivity index (χ0) is 19.8. The fraction of sp³-hybridized carbons (Fsp3) is 0.500. The van der Waals surface area contributed by atoms with Gasteiger partial charge in [-0.25, -0.2) is 0 Å². The molecule has 0 amide bonds. The zero-order valence-corrected chi connectivity index (χ0v) is 15.9. The van der Waals surface area contributed by atoms with Gasteiger partial charge in [-0.3, -0.25) is 4.79 Å². The Hall–Kier alpha value is -2.15. The van der Waals surface area contributed by atoms with Gasteiger partial charge in [0, 0.05) is 29.4 Å². The maximum absolute atomic E-state index is 13.5. The van der Waals surface area contributed by atoms with Crippen LogP contribution in [0.2, 0.25) is 0 Å². The van der Waals surface area contributed by atoms with Crippen LogP contribution in [0.4, 0.5) is 0 Å². The highest BCUT2D eigenvalue weighted by atomic mass is 16.6. The number of aliphatic hydroxyl groups excluding tert-OH is 2. The molecule has 2 aliphatic heterocycles. The Kier molecular flexibility index (Phi) is 3.64. The minimum absolute atomic E-state index is 0.0201. The van der Waals surface area contributed by atoms with Crippen molar-refractivity contribution in [2.24, 2.45) is 11.8 Å². The molecule has 0 radical (unpaired) electrons. The summed E-state index contributed by atoms with van der Waals surface area (Å²) in [4.78, 5) is 13.5. The van der Waals surface area contributed by atoms with Crippen LogP contribution in [0.25, 0.3) is 0 Å². The largest absolute Gasteiger partial charge is 0.508 e. The SMILES string of the molecule is C/C(=C\CC12OC(C)C3CC(C=C4C(O)c5cc(O)ccc5OC431)C2=O)CO. The number of aliphatic hydroxyl groups is 2. The Morgan fingerprint density at radius 3 is 2.93 bits per heavy atom. The molecule has 1 spiro atoms. The molecule has 3 aliphatic carbocycles. The number of hydrogen-bond acceptors (Lipinski definition) is 6. The molecule has 5 aliphatic rings. The summed E-state index contributed by atoms with van der Waals surface area (Å²) < 4.78 is 12.9. The van der Waals surface area contributed by atoms with E-state index in [4.69, 9.17) is 9.47 Å². The first-order chi connectivity index (χ1) is 13.3. The summed E-state index contributed by atoms with van der Waals surface area (Å²) in [6.07, 6.45) is 3.43. The van der Waals surface area contributed by atoms with Crippen molar-refractivity contribution in [1.82, 2.24) is 0 Å². The van der Waals surface area contributed by atoms with E-state index in [-0.39, 0.29) is 42.5 Å². The summed E-state index contributed by atoms with van der Waals surface area (Å²) in [5.41, 5.74) is -0.385. The fourth-order valence-corrected chi connectivity index (χ4v) is 5.70. The molecule has 6 unspecified atom stereocenters. The third-order valence-electron chi connectivity index (χ3n) is 6.97. The van der Waals surface area contributed by atoms with Gasteiger partial charge >= 0.3 is 0 Å². The third-order valence-corrected chi connectivity index (χ3v) is 6.97. The Morgan fingerprint density at radius 2 is 2.18 bits per heavy atom. The van der Waals surface area contributed by atoms with Crippen molar-refractivity contribution in [1.29, 1.82) is 0 Å². The van der Waals surface area contributed by atoms with Crippen LogP contribution < -0.4 is 4.74 Å². The number of carbonyl (C=O) groups is 1. The van der Waals surface area contributed by atoms with Gasteiger partial charge in [0.2, 0.25) is 0 Å². The van der Waals surface area contributed by atoms with Crippen molar-refractivity contribution in [3.63, 3.8) is 0 Å². The molecule has 1 aromatic carbocycles. The summed E-state index contributed by atoms with van der Waals surface area (Å²) >= 11 is 0. The molecular weight excluding hydrogens is 360 g/mol. The number of Topliss-reactive ketones (excluding diaryl/α,β-unsaturated/α-hetero) is 1. The highest BCUT2D eigenvalue weighted by molar-refractivity contribution is 5.97. The van der Waals surface area contributed by atoms with Gasteiger partial charge in [0.1, 0.15) is 17.6 Å². The second-order valence-electron chi connectivity index (χ2n) is 8.46. The minimum atomic E-state index is -1.23. The van der Waals surface area contributed by atoms with E-state index in [9.17, 15) is 20.1 Å². The van der Waals surface area contributed by atoms with Crippen molar-refractivity contribution in [2.45, 2.75) is 50.1 Å². The number of carbonyl (C=O) groups excluding carboxylic acids is 1. The molecule has 2 fully saturated rings. The van der Waals surface area contributed by atoms with E-state index in [1.54, 1.807) is 13.0 Å². The maximum Gasteiger partial charge on any atom is 0.176 e. The van der Waals surface area contributed by atoms with Crippen molar-refractivity contribution in [3.8, 4) is 11.5 Å². The smallest absolute Gasteiger partial charge is 0.176 e. The van der Waals surface area contributed by atoms with E-state index in [1.165, 1.54) is 12.1 Å². The number of ketones is 1. The van der Waals surface area contributed by atoms with Crippen molar-refractivity contribution in [3.05, 3.63) is 47.1 Å². The average Bonchev–Trinajstić information content (AvgIpc) is 2.88. The van der Waals surface area contributed by atoms with Gasteiger partial charge in [0.25, 0.3) is 0 Å². The zero-order valence-electron chi connectivity index (χ0n) is 15.9. The molecule has 3 N–H and O–H groups in total. The normalized spacial score (nSPS) is 40.6. The quantitative estimate of drug-likeness (QED) is 0.692. The number of rotatable bonds is 3. The van der Waals surface area contributed by atoms with E-state index < -0.39 is 17.3 Å². The molecule has 6 nitrogen and oxygen atoms in total. The van der Waals surface area contributed by atoms with Crippen LogP contribution in [0.3, 0.4) is 0 Å². The molecule has 6 atom stereocenters. The van der Waals surface area contributed by atoms with Crippen LogP contribution in [-0.4, -0.2) is 45.0 Å². The summed E-state index contributed by atoms with van der Waals surface area (Å²) in [6.45, 7) is 3.67. The lowest BCUT2D eigenvalue weighted by Crippen LogP contribution is -2.71. The third kappa shape index (κ3) is 1.95. The van der Waals surface area contributed by atoms with Crippen molar-refractivity contribution >= 4 is 5.78 Å². The molecule has 2 heterocycles. The van der Waals surface area contributed by atoms with Crippen LogP contribution in [0.5, 0.6) is 11.5 Å². The van der Waals surface area contributed by atoms with Gasteiger partial charge in [-0.15, -0.1) is 0 Å². The first-order valence-corrected chi connectivity index (χ1v) is 9.75. The van der Waals surface area contributed by atoms with Gasteiger partial charge < -0.3 is 24.8 Å². The molecule has 0 aromatic heterocycles. The molecular formula is C22H24O6. The van der Waals surface area contributed by atoms with Gasteiger partial charge in [0.15, 0.2) is 17.0 Å². The average molecular weight is 384 g/mol. The van der Waals surface area contributed by atoms with Crippen LogP contribution in [0.1, 0.15) is 38.4 Å². The van der Waals surface area contributed by atoms with Crippen LogP contribution >= 0.6 is 0 Å². The van der Waals surface area contributed by atoms with Crippen molar-refractivity contribution < 1.29 is 29.6 Å². The van der Waals surface area contributed by atoms with Gasteiger partial charge in [-0.05, 0) is 38.5 Å². The Morgan fingerprint density at radius 1 is 1.39 bits per heavy atom. The number of benzene rings is 1. The van der Waals surface area contributed by atoms with Crippen LogP contribution in [0.15, 0.2) is 41.5 Å². The Labute approximate surface area is 163 Å². The maximum atomic E-state index is 13.5. The first kappa shape index (κ1) is 17.9. The second-order valence-corrected chi connectivity index (χ2v) is 8.46. The summed E-state index contributed by atoms with van der Waals surface area (Å²) in [5, 5.41) is 30.5. The summed E-state index contributed by atoms with van der Waals surface area (Å²) in [6, 6.07) is 4.66. The minimum Gasteiger partial charge on any atom is -0.508 e. The molecule has 1 saturated heterocycles. The number of fused-ring (bicyclic) bond motifs is 1. The monoisotopic (exact) mass is 384 g/mol. The lowest BCUT2D eigenvalue weighted by Gasteiger charge is -2.57. The molecule has 4 bridgehead atoms. The molecule has 148 valence electrons. The topological polar surface area (TPSA) is 96.2 Å². The fourth-order valence-electron chi connectivity index (χ4n) is 5.70. The highest BCUT2D eigenvalue weighted by Gasteiger charge is 2.78. The lowest BCUT2D eigenvalue weighted by atomic mass is 9.52. The highest BCUT2D eigenvalue weighted by Crippen LogP contribution is 2.66. The first-order valence-electron chi connectivity index (χ1n) is 9.75. The number of phenolic OH excluding ortho intramolecular Hbond substituents is 1. The van der Waals surface area contributed by atoms with Gasteiger partial charge in [-0.1, -0.05) is 17.7 Å². The summed E-state index contributed by atoms with van der Waals surface area (Å²) in [5.74, 6) is 0.110. The number of phenols is 1. The van der Waals surface area contributed by atoms with Crippen LogP contribution in [0, 0.1) is 11.8 Å². The van der Waals surface area contributed by atoms with E-state index in [2.05, 4.69) is 0 Å². The number of aromatic hydroxyl groups is 1. The molecule has 1 saturated carbocycles. The predicted molar refractivity (Wildman–Crippen MR) is 99.9 cm³/mol. The van der Waals surface area contributed by atoms with Crippen LogP contribution in [-0.2, 0) is 9.53 Å². The molecule has 6 rings (SSSR count). The number of ether oxygens (including phenoxy) is 2. The van der Waals surface area contributed by atoms with Gasteiger partial charge in [-0.2, -0.15) is 0 Å². The Balaban J connectivity index is 1.73. The van der Waals surface area contributed by atoms with E-state index in [0.717, 1.165) is 5.57 Å². The molecule has 6 heteroatoms. The standard InChI is InChI=1S/C22H24O6/c1-11(10-23)5-6-21-20(26)13-7-16(12(2)27-21)22(21)17(8-13)19(25)15-9-14(24)3-4-18(15)28-22/h3-5,8-9,12-13,16,19,23-25H,6-7,10H2,1-2H3/b11-5+. The van der Waals surface area contributed by atoms with E-state index in [0.29, 0.717) is 23.3 Å². The van der Waals surface area contributed by atoms with Gasteiger partial charge in [0.05, 0.1) is 12.7 Å². The molecule has 28 heavy (non-hydrogen) atoms. The second kappa shape index (κ2) is 5.69. The molecule has 1 aromatic rings. The van der Waals surface area contributed by atoms with E-state index >= 15 is 0 Å². The predicted octanol–water partition coefficient (Wildman–Crippen LogP) is 2.19. The Bertz CT molecular complexity index is 933. The van der Waals surface area contributed by atoms with E-state index in [1.807, 2.05) is 19.1 Å². The number of hydrogen-bond donors (Lipinski definition) is 3. The number of allylic oxidation sites excluding steroid dienone is 1. The van der Waals surface area contributed by atoms with Crippen molar-refractivity contribution in [2.75, 3.05) is 6.61 Å². The summed E-state index contributed by atoms with van der Waals surface area (Å²) in [7, 11) is 0. The lowest BCUT2D eigenvalue weighted by molar-refractivity contribution is -0.171.